The van der Waals surface area contributed by atoms with E-state index in [4.69, 9.17) is 11.6 Å². The summed E-state index contributed by atoms with van der Waals surface area (Å²) >= 11 is 7.84. The minimum Gasteiger partial charge on any atom is -0.344 e. The first-order valence-electron chi connectivity index (χ1n) is 7.30. The quantitative estimate of drug-likeness (QED) is 0.707. The van der Waals surface area contributed by atoms with E-state index in [0.717, 1.165) is 22.9 Å². The number of aryl methyl sites for hydroxylation is 1. The molecule has 2 aromatic carbocycles. The first-order valence-corrected chi connectivity index (χ1v) is 8.49. The predicted octanol–water partition coefficient (Wildman–Crippen LogP) is 4.97. The third-order valence-electron chi connectivity index (χ3n) is 4.18. The maximum absolute atomic E-state index is 12.6. The van der Waals surface area contributed by atoms with Gasteiger partial charge in [-0.05, 0) is 30.0 Å². The van der Waals surface area contributed by atoms with Gasteiger partial charge in [-0.2, -0.15) is 0 Å². The molecule has 4 rings (SSSR count). The van der Waals surface area contributed by atoms with E-state index in [2.05, 4.69) is 17.4 Å². The van der Waals surface area contributed by atoms with Crippen LogP contribution < -0.4 is 5.32 Å². The van der Waals surface area contributed by atoms with Crippen molar-refractivity contribution in [1.29, 1.82) is 0 Å². The zero-order valence-corrected chi connectivity index (χ0v) is 13.4. The van der Waals surface area contributed by atoms with Crippen molar-refractivity contribution in [3.05, 3.63) is 69.6 Å². The van der Waals surface area contributed by atoms with E-state index < -0.39 is 0 Å². The maximum Gasteiger partial charge on any atom is 0.263 e. The highest BCUT2D eigenvalue weighted by Crippen LogP contribution is 2.36. The van der Waals surface area contributed by atoms with Crippen LogP contribution >= 0.6 is 22.9 Å². The van der Waals surface area contributed by atoms with Crippen molar-refractivity contribution in [2.75, 3.05) is 0 Å². The molecule has 0 spiro atoms. The minimum absolute atomic E-state index is 0.0760. The highest BCUT2D eigenvalue weighted by molar-refractivity contribution is 7.21. The molecule has 0 fully saturated rings. The summed E-state index contributed by atoms with van der Waals surface area (Å²) in [7, 11) is 0. The fourth-order valence-corrected chi connectivity index (χ4v) is 4.51. The summed E-state index contributed by atoms with van der Waals surface area (Å²) < 4.78 is 1.05. The minimum atomic E-state index is -0.0760. The molecule has 0 saturated carbocycles. The van der Waals surface area contributed by atoms with Gasteiger partial charge in [-0.3, -0.25) is 4.79 Å². The SMILES string of the molecule is O=C(N[C@@H]1CCc2ccccc21)c1sc2ccccc2c1Cl. The van der Waals surface area contributed by atoms with Gasteiger partial charge in [0.2, 0.25) is 0 Å². The molecular weight excluding hydrogens is 314 g/mol. The lowest BCUT2D eigenvalue weighted by Gasteiger charge is -2.13. The number of thiophene rings is 1. The molecule has 4 heteroatoms. The van der Waals surface area contributed by atoms with E-state index in [-0.39, 0.29) is 11.9 Å². The molecule has 0 saturated heterocycles. The molecule has 2 nitrogen and oxygen atoms in total. The van der Waals surface area contributed by atoms with Crippen LogP contribution in [0.5, 0.6) is 0 Å². The zero-order valence-electron chi connectivity index (χ0n) is 11.8. The fourth-order valence-electron chi connectivity index (χ4n) is 3.09. The highest BCUT2D eigenvalue weighted by Gasteiger charge is 2.25. The molecule has 0 radical (unpaired) electrons. The lowest BCUT2D eigenvalue weighted by molar-refractivity contribution is 0.0941. The average molecular weight is 328 g/mol. The van der Waals surface area contributed by atoms with Gasteiger partial charge in [0, 0.05) is 10.1 Å². The van der Waals surface area contributed by atoms with E-state index in [1.54, 1.807) is 0 Å². The Balaban J connectivity index is 1.64. The summed E-state index contributed by atoms with van der Waals surface area (Å²) in [5.74, 6) is -0.0760. The second-order valence-electron chi connectivity index (χ2n) is 5.50. The second-order valence-corrected chi connectivity index (χ2v) is 6.94. The standard InChI is InChI=1S/C18H14ClNOS/c19-16-13-7-3-4-8-15(13)22-17(16)18(21)20-14-10-9-11-5-1-2-6-12(11)14/h1-8,14H,9-10H2,(H,20,21)/t14-/m1/s1. The van der Waals surface area contributed by atoms with Crippen molar-refractivity contribution in [2.24, 2.45) is 0 Å². The Hall–Kier alpha value is -1.84. The van der Waals surface area contributed by atoms with Crippen LogP contribution in [0.4, 0.5) is 0 Å². The summed E-state index contributed by atoms with van der Waals surface area (Å²) in [4.78, 5) is 13.2. The summed E-state index contributed by atoms with van der Waals surface area (Å²) in [5.41, 5.74) is 2.56. The number of hydrogen-bond donors (Lipinski definition) is 1. The Labute approximate surface area is 137 Å². The monoisotopic (exact) mass is 327 g/mol. The Morgan fingerprint density at radius 3 is 2.77 bits per heavy atom. The first-order chi connectivity index (χ1) is 10.7. The third kappa shape index (κ3) is 2.21. The topological polar surface area (TPSA) is 29.1 Å². The zero-order chi connectivity index (χ0) is 15.1. The Bertz CT molecular complexity index is 870. The normalized spacial score (nSPS) is 16.7. The van der Waals surface area contributed by atoms with Crippen molar-refractivity contribution >= 4 is 38.9 Å². The number of hydrogen-bond acceptors (Lipinski definition) is 2. The van der Waals surface area contributed by atoms with Gasteiger partial charge in [0.1, 0.15) is 4.88 Å². The molecule has 1 N–H and O–H groups in total. The van der Waals surface area contributed by atoms with Gasteiger partial charge in [0.25, 0.3) is 5.91 Å². The van der Waals surface area contributed by atoms with Crippen LogP contribution in [0.1, 0.15) is 33.3 Å². The van der Waals surface area contributed by atoms with Crippen LogP contribution in [-0.2, 0) is 6.42 Å². The smallest absolute Gasteiger partial charge is 0.263 e. The van der Waals surface area contributed by atoms with Crippen LogP contribution in [-0.4, -0.2) is 5.91 Å². The molecule has 1 amide bonds. The number of carbonyl (C=O) groups excluding carboxylic acids is 1. The molecular formula is C18H14ClNOS. The number of rotatable bonds is 2. The number of amides is 1. The average Bonchev–Trinajstić information content (AvgIpc) is 3.10. The lowest BCUT2D eigenvalue weighted by Crippen LogP contribution is -2.26. The Morgan fingerprint density at radius 2 is 1.91 bits per heavy atom. The first kappa shape index (κ1) is 13.8. The second kappa shape index (κ2) is 5.41. The van der Waals surface area contributed by atoms with Crippen LogP contribution in [0, 0.1) is 0 Å². The highest BCUT2D eigenvalue weighted by atomic mass is 35.5. The molecule has 0 unspecified atom stereocenters. The molecule has 1 atom stereocenters. The fraction of sp³-hybridized carbons (Fsp3) is 0.167. The third-order valence-corrected chi connectivity index (χ3v) is 5.85. The summed E-state index contributed by atoms with van der Waals surface area (Å²) in [5, 5.41) is 4.65. The molecule has 0 aliphatic heterocycles. The molecule has 1 aromatic heterocycles. The van der Waals surface area contributed by atoms with E-state index in [9.17, 15) is 4.79 Å². The Morgan fingerprint density at radius 1 is 1.14 bits per heavy atom. The molecule has 22 heavy (non-hydrogen) atoms. The van der Waals surface area contributed by atoms with Gasteiger partial charge in [0.05, 0.1) is 11.1 Å². The molecule has 0 bridgehead atoms. The number of fused-ring (bicyclic) bond motifs is 2. The van der Waals surface area contributed by atoms with Crippen molar-refractivity contribution < 1.29 is 4.79 Å². The Kier molecular flexibility index (Phi) is 3.40. The van der Waals surface area contributed by atoms with Crippen LogP contribution in [0.2, 0.25) is 5.02 Å². The summed E-state index contributed by atoms with van der Waals surface area (Å²) in [6.07, 6.45) is 1.97. The van der Waals surface area contributed by atoms with E-state index >= 15 is 0 Å². The van der Waals surface area contributed by atoms with E-state index in [0.29, 0.717) is 9.90 Å². The largest absolute Gasteiger partial charge is 0.344 e. The van der Waals surface area contributed by atoms with Gasteiger partial charge in [0.15, 0.2) is 0 Å². The number of benzene rings is 2. The molecule has 3 aromatic rings. The van der Waals surface area contributed by atoms with Crippen molar-refractivity contribution in [3.8, 4) is 0 Å². The van der Waals surface area contributed by atoms with Crippen molar-refractivity contribution in [2.45, 2.75) is 18.9 Å². The molecule has 1 aliphatic rings. The lowest BCUT2D eigenvalue weighted by atomic mass is 10.1. The van der Waals surface area contributed by atoms with Gasteiger partial charge in [-0.25, -0.2) is 0 Å². The number of nitrogens with one attached hydrogen (secondary N) is 1. The maximum atomic E-state index is 12.6. The van der Waals surface area contributed by atoms with Crippen molar-refractivity contribution in [1.82, 2.24) is 5.32 Å². The van der Waals surface area contributed by atoms with Gasteiger partial charge in [-0.1, -0.05) is 54.1 Å². The summed E-state index contributed by atoms with van der Waals surface area (Å²) in [6.45, 7) is 0. The van der Waals surface area contributed by atoms with E-state index in [1.165, 1.54) is 22.5 Å². The molecule has 110 valence electrons. The van der Waals surface area contributed by atoms with Gasteiger partial charge < -0.3 is 5.32 Å². The van der Waals surface area contributed by atoms with Crippen molar-refractivity contribution in [3.63, 3.8) is 0 Å². The van der Waals surface area contributed by atoms with Gasteiger partial charge >= 0.3 is 0 Å². The number of halogens is 1. The van der Waals surface area contributed by atoms with Crippen LogP contribution in [0.25, 0.3) is 10.1 Å². The summed E-state index contributed by atoms with van der Waals surface area (Å²) in [6, 6.07) is 16.2. The van der Waals surface area contributed by atoms with Crippen LogP contribution in [0.3, 0.4) is 0 Å². The molecule has 1 aliphatic carbocycles. The number of carbonyl (C=O) groups is 1. The van der Waals surface area contributed by atoms with Gasteiger partial charge in [-0.15, -0.1) is 11.3 Å². The predicted molar refractivity (Wildman–Crippen MR) is 91.8 cm³/mol. The van der Waals surface area contributed by atoms with E-state index in [1.807, 2.05) is 36.4 Å². The van der Waals surface area contributed by atoms with Crippen LogP contribution in [0.15, 0.2) is 48.5 Å². The molecule has 1 heterocycles.